The highest BCUT2D eigenvalue weighted by Crippen LogP contribution is 2.27. The Kier molecular flexibility index (Phi) is 5.73. The highest BCUT2D eigenvalue weighted by atomic mass is 32.2. The summed E-state index contributed by atoms with van der Waals surface area (Å²) in [5, 5.41) is 6.24. The van der Waals surface area contributed by atoms with E-state index >= 15 is 0 Å². The number of alkyl halides is 2. The Morgan fingerprint density at radius 2 is 1.93 bits per heavy atom. The topological polar surface area (TPSA) is 98.4 Å². The van der Waals surface area contributed by atoms with Crippen LogP contribution in [0, 0.1) is 0 Å². The molecule has 4 rings (SSSR count). The third-order valence-corrected chi connectivity index (χ3v) is 6.83. The Morgan fingerprint density at radius 3 is 2.53 bits per heavy atom. The van der Waals surface area contributed by atoms with Crippen molar-refractivity contribution in [3.8, 4) is 11.5 Å². The molecule has 1 saturated heterocycles. The van der Waals surface area contributed by atoms with E-state index in [-0.39, 0.29) is 19.0 Å². The fourth-order valence-electron chi connectivity index (χ4n) is 3.08. The minimum atomic E-state index is -3.68. The summed E-state index contributed by atoms with van der Waals surface area (Å²) in [6.45, 7) is 0.571. The third kappa shape index (κ3) is 4.17. The van der Waals surface area contributed by atoms with E-state index in [1.165, 1.54) is 10.5 Å². The number of halogens is 2. The van der Waals surface area contributed by atoms with Gasteiger partial charge in [-0.1, -0.05) is 18.2 Å². The van der Waals surface area contributed by atoms with Crippen LogP contribution in [0.5, 0.6) is 0 Å². The Hall–Kier alpha value is -2.92. The molecular weight excluding hydrogens is 418 g/mol. The Balaban J connectivity index is 1.60. The van der Waals surface area contributed by atoms with Crippen LogP contribution in [0.4, 0.5) is 14.5 Å². The number of ether oxygens (including phenoxy) is 1. The lowest BCUT2D eigenvalue weighted by Gasteiger charge is -2.27. The molecule has 1 unspecified atom stereocenters. The quantitative estimate of drug-likeness (QED) is 0.561. The van der Waals surface area contributed by atoms with Gasteiger partial charge < -0.3 is 9.15 Å². The number of para-hydroxylation sites is 1. The predicted octanol–water partition coefficient (Wildman–Crippen LogP) is 3.19. The van der Waals surface area contributed by atoms with Crippen molar-refractivity contribution in [3.63, 3.8) is 0 Å². The van der Waals surface area contributed by atoms with Crippen molar-refractivity contribution < 1.29 is 26.4 Å². The molecule has 0 aliphatic carbocycles. The molecule has 0 radical (unpaired) electrons. The summed E-state index contributed by atoms with van der Waals surface area (Å²) >= 11 is 0. The van der Waals surface area contributed by atoms with E-state index in [9.17, 15) is 17.2 Å². The number of hydrogen-bond acceptors (Lipinski definition) is 7. The van der Waals surface area contributed by atoms with Crippen LogP contribution in [0.3, 0.4) is 0 Å². The van der Waals surface area contributed by atoms with Crippen LogP contribution >= 0.6 is 0 Å². The SMILES string of the molecule is O=S(=O)(C1CCOC1)N(Cc1ccc(-c2nnc(C(F)F)o2)cn1)c1ccccc1. The molecule has 0 bridgehead atoms. The molecule has 1 atom stereocenters. The molecule has 158 valence electrons. The molecule has 0 spiro atoms. The van der Waals surface area contributed by atoms with Crippen LogP contribution in [-0.4, -0.2) is 42.1 Å². The fourth-order valence-corrected chi connectivity index (χ4v) is 4.83. The van der Waals surface area contributed by atoms with E-state index in [2.05, 4.69) is 15.2 Å². The van der Waals surface area contributed by atoms with Gasteiger partial charge in [0.05, 0.1) is 30.1 Å². The van der Waals surface area contributed by atoms with Crippen LogP contribution in [0.1, 0.15) is 24.4 Å². The van der Waals surface area contributed by atoms with Crippen molar-refractivity contribution >= 4 is 15.7 Å². The molecule has 2 aromatic heterocycles. The Labute approximate surface area is 171 Å². The van der Waals surface area contributed by atoms with Gasteiger partial charge in [-0.25, -0.2) is 8.42 Å². The lowest BCUT2D eigenvalue weighted by Crippen LogP contribution is -2.39. The summed E-state index contributed by atoms with van der Waals surface area (Å²) < 4.78 is 63.1. The highest BCUT2D eigenvalue weighted by Gasteiger charge is 2.35. The molecule has 3 aromatic rings. The van der Waals surface area contributed by atoms with Gasteiger partial charge in [-0.2, -0.15) is 8.78 Å². The summed E-state index contributed by atoms with van der Waals surface area (Å²) in [5.74, 6) is -0.853. The monoisotopic (exact) mass is 436 g/mol. The van der Waals surface area contributed by atoms with E-state index in [1.807, 2.05) is 0 Å². The maximum Gasteiger partial charge on any atom is 0.314 e. The number of aromatic nitrogens is 3. The molecule has 11 heteroatoms. The minimum absolute atomic E-state index is 0.00917. The molecule has 3 heterocycles. The number of pyridine rings is 1. The van der Waals surface area contributed by atoms with Crippen molar-refractivity contribution in [3.05, 3.63) is 60.2 Å². The van der Waals surface area contributed by atoms with E-state index in [0.717, 1.165) is 0 Å². The van der Waals surface area contributed by atoms with Crippen LogP contribution in [-0.2, 0) is 21.3 Å². The van der Waals surface area contributed by atoms with E-state index < -0.39 is 27.6 Å². The second-order valence-corrected chi connectivity index (χ2v) is 8.79. The van der Waals surface area contributed by atoms with Gasteiger partial charge in [0.15, 0.2) is 0 Å². The van der Waals surface area contributed by atoms with Gasteiger partial charge in [-0.05, 0) is 30.7 Å². The lowest BCUT2D eigenvalue weighted by atomic mass is 10.2. The summed E-state index contributed by atoms with van der Waals surface area (Å²) in [5.41, 5.74) is 1.35. The Morgan fingerprint density at radius 1 is 1.13 bits per heavy atom. The summed E-state index contributed by atoms with van der Waals surface area (Å²) in [4.78, 5) is 4.26. The number of rotatable bonds is 7. The van der Waals surface area contributed by atoms with Crippen molar-refractivity contribution in [1.29, 1.82) is 0 Å². The summed E-state index contributed by atoms with van der Waals surface area (Å²) in [7, 11) is -3.68. The van der Waals surface area contributed by atoms with Gasteiger partial charge in [-0.15, -0.1) is 10.2 Å². The van der Waals surface area contributed by atoms with Crippen molar-refractivity contribution in [2.75, 3.05) is 17.5 Å². The first-order valence-corrected chi connectivity index (χ1v) is 10.7. The Bertz CT molecular complexity index is 1090. The third-order valence-electron chi connectivity index (χ3n) is 4.67. The second-order valence-electron chi connectivity index (χ2n) is 6.66. The first-order chi connectivity index (χ1) is 14.4. The molecule has 0 amide bonds. The average molecular weight is 436 g/mol. The van der Waals surface area contributed by atoms with Gasteiger partial charge in [0, 0.05) is 12.8 Å². The standard InChI is InChI=1S/C19H18F2N4O4S/c20-17(21)19-24-23-18(29-19)13-6-7-14(22-10-13)11-25(15-4-2-1-3-5-15)30(26,27)16-8-9-28-12-16/h1-7,10,16-17H,8-9,11-12H2. The van der Waals surface area contributed by atoms with Crippen LogP contribution in [0.25, 0.3) is 11.5 Å². The summed E-state index contributed by atoms with van der Waals surface area (Å²) in [6.07, 6.45) is -1.04. The first-order valence-electron chi connectivity index (χ1n) is 9.16. The van der Waals surface area contributed by atoms with Crippen LogP contribution < -0.4 is 4.31 Å². The molecule has 1 fully saturated rings. The van der Waals surface area contributed by atoms with Gasteiger partial charge in [-0.3, -0.25) is 9.29 Å². The summed E-state index contributed by atoms with van der Waals surface area (Å²) in [6, 6.07) is 11.9. The lowest BCUT2D eigenvalue weighted by molar-refractivity contribution is 0.116. The number of benzene rings is 1. The molecule has 0 saturated carbocycles. The maximum absolute atomic E-state index is 13.2. The molecule has 0 N–H and O–H groups in total. The minimum Gasteiger partial charge on any atom is -0.415 e. The van der Waals surface area contributed by atoms with Gasteiger partial charge in [0.1, 0.15) is 5.25 Å². The average Bonchev–Trinajstić information content (AvgIpc) is 3.45. The predicted molar refractivity (Wildman–Crippen MR) is 103 cm³/mol. The van der Waals surface area contributed by atoms with Gasteiger partial charge in [0.25, 0.3) is 5.89 Å². The molecule has 1 aliphatic heterocycles. The number of sulfonamides is 1. The molecule has 30 heavy (non-hydrogen) atoms. The second kappa shape index (κ2) is 8.44. The van der Waals surface area contributed by atoms with Gasteiger partial charge in [0.2, 0.25) is 15.9 Å². The number of hydrogen-bond donors (Lipinski definition) is 0. The number of anilines is 1. The van der Waals surface area contributed by atoms with Crippen molar-refractivity contribution in [2.24, 2.45) is 0 Å². The van der Waals surface area contributed by atoms with E-state index in [0.29, 0.717) is 30.0 Å². The van der Waals surface area contributed by atoms with Crippen LogP contribution in [0.15, 0.2) is 53.1 Å². The maximum atomic E-state index is 13.2. The zero-order valence-corrected chi connectivity index (χ0v) is 16.5. The fraction of sp³-hybridized carbons (Fsp3) is 0.316. The van der Waals surface area contributed by atoms with Crippen molar-refractivity contribution in [2.45, 2.75) is 24.6 Å². The van der Waals surface area contributed by atoms with E-state index in [1.54, 1.807) is 42.5 Å². The molecule has 1 aromatic carbocycles. The molecule has 1 aliphatic rings. The molecular formula is C19H18F2N4O4S. The van der Waals surface area contributed by atoms with Crippen LogP contribution in [0.2, 0.25) is 0 Å². The smallest absolute Gasteiger partial charge is 0.314 e. The van der Waals surface area contributed by atoms with E-state index in [4.69, 9.17) is 9.15 Å². The zero-order valence-electron chi connectivity index (χ0n) is 15.7. The van der Waals surface area contributed by atoms with Crippen molar-refractivity contribution in [1.82, 2.24) is 15.2 Å². The molecule has 8 nitrogen and oxygen atoms in total. The van der Waals surface area contributed by atoms with Gasteiger partial charge >= 0.3 is 6.43 Å². The largest absolute Gasteiger partial charge is 0.415 e. The first kappa shape index (κ1) is 20.4. The normalized spacial score (nSPS) is 16.8. The highest BCUT2D eigenvalue weighted by molar-refractivity contribution is 7.93. The zero-order chi connectivity index (χ0) is 21.1. The number of nitrogens with zero attached hydrogens (tertiary/aromatic N) is 4.